The smallest absolute Gasteiger partial charge is 0.226 e. The molecule has 0 N–H and O–H groups in total. The summed E-state index contributed by atoms with van der Waals surface area (Å²) in [4.78, 5) is 15.2. The Labute approximate surface area is 154 Å². The van der Waals surface area contributed by atoms with E-state index in [1.54, 1.807) is 14.2 Å². The van der Waals surface area contributed by atoms with Gasteiger partial charge in [0, 0.05) is 12.5 Å². The molecule has 136 valence electrons. The van der Waals surface area contributed by atoms with Gasteiger partial charge in [0.25, 0.3) is 0 Å². The van der Waals surface area contributed by atoms with Crippen molar-refractivity contribution < 1.29 is 14.3 Å². The molecule has 1 aliphatic carbocycles. The quantitative estimate of drug-likeness (QED) is 0.840. The highest BCUT2D eigenvalue weighted by atomic mass is 16.5. The van der Waals surface area contributed by atoms with Crippen molar-refractivity contribution in [1.29, 1.82) is 0 Å². The Hall–Kier alpha value is -2.49. The average Bonchev–Trinajstić information content (AvgIpc) is 3.42. The normalized spacial score (nSPS) is 24.0. The van der Waals surface area contributed by atoms with E-state index in [0.29, 0.717) is 11.7 Å². The van der Waals surface area contributed by atoms with Gasteiger partial charge in [-0.2, -0.15) is 0 Å². The van der Waals surface area contributed by atoms with Crippen molar-refractivity contribution in [3.8, 4) is 11.5 Å². The number of hydrogen-bond donors (Lipinski definition) is 0. The maximum absolute atomic E-state index is 13.1. The number of carbonyl (C=O) groups excluding carboxylic acids is 1. The Morgan fingerprint density at radius 3 is 2.35 bits per heavy atom. The first-order valence-corrected chi connectivity index (χ1v) is 9.24. The Bertz CT molecular complexity index is 818. The first-order valence-electron chi connectivity index (χ1n) is 9.24. The van der Waals surface area contributed by atoms with Crippen molar-refractivity contribution in [3.63, 3.8) is 0 Å². The predicted octanol–water partition coefficient (Wildman–Crippen LogP) is 3.83. The second-order valence-corrected chi connectivity index (χ2v) is 7.32. The topological polar surface area (TPSA) is 38.8 Å². The molecule has 1 heterocycles. The summed E-state index contributed by atoms with van der Waals surface area (Å²) in [5.74, 6) is 2.43. The molecule has 4 heteroatoms. The molecule has 1 aliphatic heterocycles. The van der Waals surface area contributed by atoms with Gasteiger partial charge in [-0.1, -0.05) is 37.3 Å². The van der Waals surface area contributed by atoms with E-state index >= 15 is 0 Å². The molecular formula is C22H25NO3. The van der Waals surface area contributed by atoms with Crippen LogP contribution in [0.25, 0.3) is 0 Å². The lowest BCUT2D eigenvalue weighted by atomic mass is 9.87. The first-order chi connectivity index (χ1) is 12.6. The molecule has 2 aromatic rings. The maximum Gasteiger partial charge on any atom is 0.226 e. The highest BCUT2D eigenvalue weighted by Crippen LogP contribution is 2.45. The minimum atomic E-state index is -0.0694. The van der Waals surface area contributed by atoms with Gasteiger partial charge in [-0.25, -0.2) is 0 Å². The number of hydrogen-bond acceptors (Lipinski definition) is 3. The summed E-state index contributed by atoms with van der Waals surface area (Å²) in [6.45, 7) is 2.90. The zero-order valence-corrected chi connectivity index (χ0v) is 15.6. The van der Waals surface area contributed by atoms with Crippen LogP contribution >= 0.6 is 0 Å². The first kappa shape index (κ1) is 17.0. The molecule has 1 fully saturated rings. The minimum Gasteiger partial charge on any atom is -0.493 e. The number of benzene rings is 2. The van der Waals surface area contributed by atoms with Gasteiger partial charge in [-0.15, -0.1) is 0 Å². The van der Waals surface area contributed by atoms with Gasteiger partial charge in [0.2, 0.25) is 5.91 Å². The summed E-state index contributed by atoms with van der Waals surface area (Å²) in [5.41, 5.74) is 3.51. The molecule has 0 saturated heterocycles. The molecule has 1 amide bonds. The molecule has 3 unspecified atom stereocenters. The fourth-order valence-electron chi connectivity index (χ4n) is 4.06. The molecule has 1 saturated carbocycles. The number of amides is 1. The van der Waals surface area contributed by atoms with E-state index in [1.807, 2.05) is 24.3 Å². The molecular weight excluding hydrogens is 326 g/mol. The molecule has 2 aromatic carbocycles. The molecule has 0 bridgehead atoms. The second kappa shape index (κ2) is 6.67. The van der Waals surface area contributed by atoms with E-state index in [-0.39, 0.29) is 17.9 Å². The van der Waals surface area contributed by atoms with Crippen molar-refractivity contribution >= 4 is 5.91 Å². The lowest BCUT2D eigenvalue weighted by Crippen LogP contribution is -2.41. The lowest BCUT2D eigenvalue weighted by Gasteiger charge is -2.38. The van der Waals surface area contributed by atoms with Gasteiger partial charge < -0.3 is 14.4 Å². The Morgan fingerprint density at radius 1 is 1.08 bits per heavy atom. The fraction of sp³-hybridized carbons (Fsp3) is 0.409. The number of fused-ring (bicyclic) bond motifs is 1. The van der Waals surface area contributed by atoms with Gasteiger partial charge in [0.15, 0.2) is 11.5 Å². The van der Waals surface area contributed by atoms with Crippen LogP contribution in [0.3, 0.4) is 0 Å². The summed E-state index contributed by atoms with van der Waals surface area (Å²) in [7, 11) is 3.31. The number of rotatable bonds is 4. The summed E-state index contributed by atoms with van der Waals surface area (Å²) in [6, 6.07) is 14.3. The van der Waals surface area contributed by atoms with Crippen molar-refractivity contribution in [2.45, 2.75) is 25.8 Å². The van der Waals surface area contributed by atoms with Gasteiger partial charge in [0.1, 0.15) is 0 Å². The summed E-state index contributed by atoms with van der Waals surface area (Å²) >= 11 is 0. The van der Waals surface area contributed by atoms with Crippen LogP contribution in [-0.4, -0.2) is 31.6 Å². The van der Waals surface area contributed by atoms with Crippen LogP contribution in [-0.2, 0) is 11.2 Å². The predicted molar refractivity (Wildman–Crippen MR) is 101 cm³/mol. The SMILES string of the molecule is COc1cc2c(cc1OC)C(c1ccccc1)N(C(=O)C1CC1C)CC2. The van der Waals surface area contributed by atoms with Crippen molar-refractivity contribution in [1.82, 2.24) is 4.90 Å². The lowest BCUT2D eigenvalue weighted by molar-refractivity contribution is -0.135. The zero-order chi connectivity index (χ0) is 18.3. The standard InChI is InChI=1S/C22H25NO3/c1-14-11-17(14)22(24)23-10-9-16-12-19(25-2)20(26-3)13-18(16)21(23)15-7-5-4-6-8-15/h4-8,12-14,17,21H,9-11H2,1-3H3. The van der Waals surface area contributed by atoms with Crippen LogP contribution in [0.1, 0.15) is 36.1 Å². The van der Waals surface area contributed by atoms with Gasteiger partial charge >= 0.3 is 0 Å². The molecule has 4 nitrogen and oxygen atoms in total. The highest BCUT2D eigenvalue weighted by Gasteiger charge is 2.44. The molecule has 3 atom stereocenters. The van der Waals surface area contributed by atoms with Crippen LogP contribution in [0.15, 0.2) is 42.5 Å². The number of carbonyl (C=O) groups is 1. The summed E-state index contributed by atoms with van der Waals surface area (Å²) in [5, 5.41) is 0. The van der Waals surface area contributed by atoms with E-state index in [4.69, 9.17) is 9.47 Å². The van der Waals surface area contributed by atoms with E-state index in [0.717, 1.165) is 36.3 Å². The minimum absolute atomic E-state index is 0.0694. The third-order valence-corrected chi connectivity index (χ3v) is 5.70. The highest BCUT2D eigenvalue weighted by molar-refractivity contribution is 5.83. The van der Waals surface area contributed by atoms with Crippen molar-refractivity contribution in [3.05, 3.63) is 59.2 Å². The molecule has 0 radical (unpaired) electrons. The zero-order valence-electron chi connectivity index (χ0n) is 15.6. The van der Waals surface area contributed by atoms with Gasteiger partial charge in [-0.3, -0.25) is 4.79 Å². The van der Waals surface area contributed by atoms with Crippen LogP contribution < -0.4 is 9.47 Å². The maximum atomic E-state index is 13.1. The second-order valence-electron chi connectivity index (χ2n) is 7.32. The molecule has 0 aromatic heterocycles. The van der Waals surface area contributed by atoms with E-state index < -0.39 is 0 Å². The van der Waals surface area contributed by atoms with Gasteiger partial charge in [0.05, 0.1) is 20.3 Å². The Kier molecular flexibility index (Phi) is 4.35. The van der Waals surface area contributed by atoms with Crippen LogP contribution in [0.5, 0.6) is 11.5 Å². The largest absolute Gasteiger partial charge is 0.493 e. The summed E-state index contributed by atoms with van der Waals surface area (Å²) in [6.07, 6.45) is 1.85. The molecule has 0 spiro atoms. The number of methoxy groups -OCH3 is 2. The number of ether oxygens (including phenoxy) is 2. The van der Waals surface area contributed by atoms with Crippen molar-refractivity contribution in [2.24, 2.45) is 11.8 Å². The molecule has 26 heavy (non-hydrogen) atoms. The summed E-state index contributed by atoms with van der Waals surface area (Å²) < 4.78 is 11.0. The van der Waals surface area contributed by atoms with E-state index in [2.05, 4.69) is 30.0 Å². The Balaban J connectivity index is 1.81. The third-order valence-electron chi connectivity index (χ3n) is 5.70. The van der Waals surface area contributed by atoms with Crippen LogP contribution in [0.2, 0.25) is 0 Å². The number of nitrogens with zero attached hydrogens (tertiary/aromatic N) is 1. The molecule has 2 aliphatic rings. The van der Waals surface area contributed by atoms with Crippen molar-refractivity contribution in [2.75, 3.05) is 20.8 Å². The van der Waals surface area contributed by atoms with Crippen LogP contribution in [0.4, 0.5) is 0 Å². The average molecular weight is 351 g/mol. The monoisotopic (exact) mass is 351 g/mol. The fourth-order valence-corrected chi connectivity index (χ4v) is 4.06. The van der Waals surface area contributed by atoms with E-state index in [9.17, 15) is 4.79 Å². The molecule has 4 rings (SSSR count). The van der Waals surface area contributed by atoms with E-state index in [1.165, 1.54) is 5.56 Å². The Morgan fingerprint density at radius 2 is 1.73 bits per heavy atom. The third kappa shape index (κ3) is 2.83. The van der Waals surface area contributed by atoms with Gasteiger partial charge in [-0.05, 0) is 47.6 Å². The van der Waals surface area contributed by atoms with Crippen LogP contribution in [0, 0.1) is 11.8 Å².